The van der Waals surface area contributed by atoms with Crippen molar-refractivity contribution < 1.29 is 0 Å². The fourth-order valence-corrected chi connectivity index (χ4v) is 4.49. The van der Waals surface area contributed by atoms with E-state index in [0.717, 1.165) is 26.1 Å². The molecule has 140 valence electrons. The molecule has 0 spiro atoms. The van der Waals surface area contributed by atoms with Gasteiger partial charge in [0.05, 0.1) is 4.88 Å². The van der Waals surface area contributed by atoms with Crippen molar-refractivity contribution in [3.05, 3.63) is 36.7 Å². The molecule has 0 saturated carbocycles. The summed E-state index contributed by atoms with van der Waals surface area (Å²) in [5.41, 5.74) is 9.02. The minimum absolute atomic E-state index is 0.281. The van der Waals surface area contributed by atoms with Crippen molar-refractivity contribution in [2.24, 2.45) is 0 Å². The van der Waals surface area contributed by atoms with E-state index in [-0.39, 0.29) is 5.82 Å². The zero-order valence-electron chi connectivity index (χ0n) is 14.5. The maximum absolute atomic E-state index is 6.09. The van der Waals surface area contributed by atoms with Gasteiger partial charge in [0.2, 0.25) is 0 Å². The van der Waals surface area contributed by atoms with Gasteiger partial charge in [-0.15, -0.1) is 26.6 Å². The van der Waals surface area contributed by atoms with Gasteiger partial charge in [-0.2, -0.15) is 0 Å². The van der Waals surface area contributed by atoms with Crippen LogP contribution in [0.5, 0.6) is 0 Å². The van der Waals surface area contributed by atoms with Gasteiger partial charge in [-0.05, 0) is 26.9 Å². The molecule has 0 amide bonds. The van der Waals surface area contributed by atoms with Gasteiger partial charge in [0.1, 0.15) is 5.56 Å². The first-order chi connectivity index (χ1) is 14.3. The molecular formula is C16H10N12S. The van der Waals surface area contributed by atoms with Gasteiger partial charge in [0.15, 0.2) is 23.1 Å². The molecule has 4 N–H and O–H groups in total. The number of nitrogens with zero attached hydrogens (tertiary/aromatic N) is 9. The van der Waals surface area contributed by atoms with E-state index in [0.29, 0.717) is 22.9 Å². The van der Waals surface area contributed by atoms with Crippen LogP contribution in [0, 0.1) is 0 Å². The van der Waals surface area contributed by atoms with Crippen molar-refractivity contribution in [3.63, 3.8) is 0 Å². The summed E-state index contributed by atoms with van der Waals surface area (Å²) in [6.07, 6.45) is 3.64. The molecule has 29 heavy (non-hydrogen) atoms. The fourth-order valence-electron chi connectivity index (χ4n) is 3.33. The Morgan fingerprint density at radius 2 is 1.76 bits per heavy atom. The van der Waals surface area contributed by atoms with Crippen molar-refractivity contribution in [1.82, 2.24) is 55.8 Å². The molecule has 6 aromatic rings. The van der Waals surface area contributed by atoms with E-state index in [4.69, 9.17) is 5.73 Å². The zero-order valence-corrected chi connectivity index (χ0v) is 15.3. The Balaban J connectivity index is 1.61. The van der Waals surface area contributed by atoms with Crippen LogP contribution >= 0.6 is 11.3 Å². The third kappa shape index (κ3) is 2.31. The maximum Gasteiger partial charge on any atom is 0.190 e. The molecule has 0 radical (unpaired) electrons. The summed E-state index contributed by atoms with van der Waals surface area (Å²) in [5.74, 6) is 1.28. The Hall–Kier alpha value is -4.26. The van der Waals surface area contributed by atoms with Gasteiger partial charge in [-0.3, -0.25) is 0 Å². The zero-order chi connectivity index (χ0) is 19.4. The van der Waals surface area contributed by atoms with Crippen molar-refractivity contribution in [2.75, 3.05) is 5.73 Å². The normalized spacial score (nSPS) is 11.6. The van der Waals surface area contributed by atoms with E-state index in [1.807, 2.05) is 18.3 Å². The molecule has 5 heterocycles. The molecule has 12 nitrogen and oxygen atoms in total. The second-order valence-electron chi connectivity index (χ2n) is 6.17. The lowest BCUT2D eigenvalue weighted by Crippen LogP contribution is -1.93. The van der Waals surface area contributed by atoms with Crippen LogP contribution in [0.3, 0.4) is 0 Å². The SMILES string of the molecule is Nc1nn2cc(-c3c(-c4nnn[nH]4)sc4ccccc34)cnc2c1-c1nnn[nH]1. The van der Waals surface area contributed by atoms with E-state index < -0.39 is 0 Å². The topological polar surface area (TPSA) is 165 Å². The molecule has 0 aliphatic heterocycles. The summed E-state index contributed by atoms with van der Waals surface area (Å²) in [5, 5.41) is 33.6. The number of tetrazole rings is 2. The fraction of sp³-hybridized carbons (Fsp3) is 0. The van der Waals surface area contributed by atoms with Crippen molar-refractivity contribution >= 4 is 32.9 Å². The highest BCUT2D eigenvalue weighted by Crippen LogP contribution is 2.43. The van der Waals surface area contributed by atoms with Gasteiger partial charge in [-0.1, -0.05) is 18.2 Å². The molecule has 1 aromatic carbocycles. The highest BCUT2D eigenvalue weighted by Gasteiger charge is 2.21. The van der Waals surface area contributed by atoms with Gasteiger partial charge >= 0.3 is 0 Å². The molecule has 0 bridgehead atoms. The first-order valence-electron chi connectivity index (χ1n) is 8.43. The van der Waals surface area contributed by atoms with Crippen molar-refractivity contribution in [3.8, 4) is 33.2 Å². The predicted octanol–water partition coefficient (Wildman–Crippen LogP) is 1.55. The van der Waals surface area contributed by atoms with E-state index >= 15 is 0 Å². The predicted molar refractivity (Wildman–Crippen MR) is 105 cm³/mol. The van der Waals surface area contributed by atoms with Gasteiger partial charge in [0, 0.05) is 33.6 Å². The maximum atomic E-state index is 6.09. The van der Waals surface area contributed by atoms with Crippen LogP contribution in [0.25, 0.3) is 48.9 Å². The van der Waals surface area contributed by atoms with E-state index in [9.17, 15) is 0 Å². The molecule has 0 aliphatic carbocycles. The first-order valence-corrected chi connectivity index (χ1v) is 9.25. The lowest BCUT2D eigenvalue weighted by atomic mass is 10.0. The Bertz CT molecular complexity index is 1460. The Labute approximate surface area is 164 Å². The number of nitrogens with two attached hydrogens (primary N) is 1. The second kappa shape index (κ2) is 5.87. The van der Waals surface area contributed by atoms with Crippen LogP contribution in [-0.2, 0) is 0 Å². The number of benzene rings is 1. The average molecular weight is 402 g/mol. The minimum Gasteiger partial charge on any atom is -0.382 e. The number of thiophene rings is 1. The number of H-pyrrole nitrogens is 2. The summed E-state index contributed by atoms with van der Waals surface area (Å²) in [6.45, 7) is 0. The summed E-state index contributed by atoms with van der Waals surface area (Å²) in [4.78, 5) is 5.50. The van der Waals surface area contributed by atoms with Crippen LogP contribution < -0.4 is 5.73 Å². The van der Waals surface area contributed by atoms with Crippen LogP contribution in [-0.4, -0.2) is 55.8 Å². The minimum atomic E-state index is 0.281. The number of anilines is 1. The standard InChI is InChI=1S/C16H10N12S/c17-13-11(14-19-24-25-20-14)16-18-5-7(6-28(16)23-13)10-8-3-1-2-4-9(8)29-12(10)15-21-26-27-22-15/h1-6H,(H2,17,23)(H,19,20,24,25)(H,21,22,26,27). The van der Waals surface area contributed by atoms with Crippen LogP contribution in [0.15, 0.2) is 36.7 Å². The number of fused-ring (bicyclic) bond motifs is 2. The van der Waals surface area contributed by atoms with Gasteiger partial charge in [0.25, 0.3) is 0 Å². The third-order valence-corrected chi connectivity index (χ3v) is 5.70. The van der Waals surface area contributed by atoms with E-state index in [2.05, 4.69) is 63.5 Å². The van der Waals surface area contributed by atoms with Crippen molar-refractivity contribution in [2.45, 2.75) is 0 Å². The summed E-state index contributed by atoms with van der Waals surface area (Å²) in [7, 11) is 0. The molecular weight excluding hydrogens is 392 g/mol. The molecule has 0 saturated heterocycles. The number of hydrogen-bond acceptors (Lipinski definition) is 10. The Morgan fingerprint density at radius 1 is 0.966 bits per heavy atom. The first kappa shape index (κ1) is 15.8. The Morgan fingerprint density at radius 3 is 2.55 bits per heavy atom. The number of aromatic amines is 2. The third-order valence-electron chi connectivity index (χ3n) is 4.53. The number of hydrogen-bond donors (Lipinski definition) is 3. The largest absolute Gasteiger partial charge is 0.382 e. The molecule has 5 aromatic heterocycles. The molecule has 0 atom stereocenters. The lowest BCUT2D eigenvalue weighted by Gasteiger charge is -2.04. The monoisotopic (exact) mass is 402 g/mol. The van der Waals surface area contributed by atoms with Gasteiger partial charge in [-0.25, -0.2) is 19.7 Å². The number of aromatic nitrogens is 11. The Kier molecular flexibility index (Phi) is 3.19. The van der Waals surface area contributed by atoms with Crippen LogP contribution in [0.2, 0.25) is 0 Å². The average Bonchev–Trinajstić information content (AvgIpc) is 3.50. The smallest absolute Gasteiger partial charge is 0.190 e. The summed E-state index contributed by atoms with van der Waals surface area (Å²) >= 11 is 1.60. The summed E-state index contributed by atoms with van der Waals surface area (Å²) < 4.78 is 2.74. The quantitative estimate of drug-likeness (QED) is 0.398. The molecule has 0 fully saturated rings. The molecule has 0 unspecified atom stereocenters. The molecule has 0 aliphatic rings. The number of rotatable bonds is 3. The number of nitrogens with one attached hydrogen (secondary N) is 2. The highest BCUT2D eigenvalue weighted by atomic mass is 32.1. The van der Waals surface area contributed by atoms with Gasteiger partial charge < -0.3 is 5.73 Å². The van der Waals surface area contributed by atoms with E-state index in [1.54, 1.807) is 22.0 Å². The number of nitrogen functional groups attached to an aromatic ring is 1. The second-order valence-corrected chi connectivity index (χ2v) is 7.23. The van der Waals surface area contributed by atoms with E-state index in [1.165, 1.54) is 0 Å². The van der Waals surface area contributed by atoms with Crippen molar-refractivity contribution in [1.29, 1.82) is 0 Å². The highest BCUT2D eigenvalue weighted by molar-refractivity contribution is 7.23. The lowest BCUT2D eigenvalue weighted by molar-refractivity contribution is 0.881. The molecule has 6 rings (SSSR count). The summed E-state index contributed by atoms with van der Waals surface area (Å²) in [6, 6.07) is 8.11. The molecule has 13 heteroatoms. The van der Waals surface area contributed by atoms with Crippen LogP contribution in [0.4, 0.5) is 5.82 Å². The van der Waals surface area contributed by atoms with Crippen LogP contribution in [0.1, 0.15) is 0 Å².